The van der Waals surface area contributed by atoms with Gasteiger partial charge in [-0.3, -0.25) is 14.9 Å². The van der Waals surface area contributed by atoms with Gasteiger partial charge in [0, 0.05) is 30.9 Å². The Kier molecular flexibility index (Phi) is 6.42. The Bertz CT molecular complexity index is 358. The third-order valence-electron chi connectivity index (χ3n) is 4.26. The molecule has 0 amide bonds. The molecule has 21 heavy (non-hydrogen) atoms. The molecule has 2 aliphatic rings. The van der Waals surface area contributed by atoms with Crippen LogP contribution in [0.4, 0.5) is 0 Å². The molecule has 1 saturated heterocycles. The second kappa shape index (κ2) is 7.87. The van der Waals surface area contributed by atoms with Crippen LogP contribution in [-0.2, 0) is 9.53 Å². The molecule has 0 aromatic heterocycles. The van der Waals surface area contributed by atoms with Crippen LogP contribution in [0, 0.1) is 11.1 Å². The van der Waals surface area contributed by atoms with Crippen LogP contribution >= 0.6 is 11.8 Å². The van der Waals surface area contributed by atoms with E-state index in [1.54, 1.807) is 11.8 Å². The van der Waals surface area contributed by atoms with E-state index < -0.39 is 6.04 Å². The van der Waals surface area contributed by atoms with E-state index in [9.17, 15) is 15.2 Å². The highest BCUT2D eigenvalue weighted by Crippen LogP contribution is 2.30. The number of ketones is 1. The summed E-state index contributed by atoms with van der Waals surface area (Å²) in [6.45, 7) is 3.50. The Hall–Kier alpha value is -0.220. The fraction of sp³-hybridized carbons (Fsp3) is 0.923. The predicted octanol–water partition coefficient (Wildman–Crippen LogP) is 0.609. The first-order valence-corrected chi connectivity index (χ1v) is 8.48. The molecule has 122 valence electrons. The second-order valence-corrected chi connectivity index (χ2v) is 6.80. The van der Waals surface area contributed by atoms with E-state index in [0.29, 0.717) is 32.4 Å². The number of nitrogens with zero attached hydrogens (tertiary/aromatic N) is 2. The summed E-state index contributed by atoms with van der Waals surface area (Å²) in [5.41, 5.74) is 5.80. The van der Waals surface area contributed by atoms with Crippen LogP contribution < -0.4 is 5.73 Å². The van der Waals surface area contributed by atoms with Crippen LogP contribution in [0.5, 0.6) is 0 Å². The highest BCUT2D eigenvalue weighted by Gasteiger charge is 2.36. The Morgan fingerprint density at radius 3 is 2.90 bits per heavy atom. The maximum Gasteiger partial charge on any atom is 0.150 e. The van der Waals surface area contributed by atoms with E-state index in [0.717, 1.165) is 12.3 Å². The van der Waals surface area contributed by atoms with Gasteiger partial charge in [0.1, 0.15) is 11.3 Å². The van der Waals surface area contributed by atoms with Gasteiger partial charge in [0.05, 0.1) is 12.6 Å². The minimum Gasteiger partial charge on any atom is -0.762 e. The summed E-state index contributed by atoms with van der Waals surface area (Å²) in [4.78, 5) is 14.3. The van der Waals surface area contributed by atoms with Crippen LogP contribution in [0.25, 0.3) is 0 Å². The minimum absolute atomic E-state index is 0.0444. The fourth-order valence-electron chi connectivity index (χ4n) is 3.07. The van der Waals surface area contributed by atoms with Gasteiger partial charge in [0.2, 0.25) is 0 Å². The van der Waals surface area contributed by atoms with E-state index in [1.165, 1.54) is 0 Å². The minimum atomic E-state index is -0.658. The lowest BCUT2D eigenvalue weighted by Crippen LogP contribution is -2.48. The molecule has 7 nitrogen and oxygen atoms in total. The lowest BCUT2D eigenvalue weighted by Gasteiger charge is -2.42. The lowest BCUT2D eigenvalue weighted by molar-refractivity contribution is -0.151. The monoisotopic (exact) mass is 318 g/mol. The number of nitrogens with two attached hydrogens (primary N) is 1. The van der Waals surface area contributed by atoms with Crippen LogP contribution in [0.15, 0.2) is 0 Å². The predicted molar refractivity (Wildman–Crippen MR) is 80.5 cm³/mol. The van der Waals surface area contributed by atoms with E-state index in [1.807, 2.05) is 11.8 Å². The number of carbonyl (C=O) groups is 1. The van der Waals surface area contributed by atoms with Gasteiger partial charge in [-0.15, -0.1) is 11.8 Å². The first-order valence-electron chi connectivity index (χ1n) is 7.43. The smallest absolute Gasteiger partial charge is 0.150 e. The Balaban J connectivity index is 1.90. The summed E-state index contributed by atoms with van der Waals surface area (Å²) in [5.74, 6) is 0.849. The highest BCUT2D eigenvalue weighted by atomic mass is 32.2. The molecule has 1 saturated carbocycles. The van der Waals surface area contributed by atoms with Crippen molar-refractivity contribution in [2.75, 3.05) is 25.4 Å². The van der Waals surface area contributed by atoms with Crippen LogP contribution in [0.3, 0.4) is 0 Å². The lowest BCUT2D eigenvalue weighted by atomic mass is 9.81. The maximum atomic E-state index is 12.4. The zero-order valence-corrected chi connectivity index (χ0v) is 13.1. The van der Waals surface area contributed by atoms with Gasteiger partial charge < -0.3 is 20.9 Å². The SMILES string of the molecule is CCOC1CCC(C(=O)CN2CCSC2N)CC1N([O-])O. The third-order valence-corrected chi connectivity index (χ3v) is 5.32. The van der Waals surface area contributed by atoms with Gasteiger partial charge in [-0.25, -0.2) is 0 Å². The largest absolute Gasteiger partial charge is 0.762 e. The number of hydroxylamine groups is 2. The molecular formula is C13H24N3O4S-. The van der Waals surface area contributed by atoms with E-state index >= 15 is 0 Å². The molecule has 4 atom stereocenters. The summed E-state index contributed by atoms with van der Waals surface area (Å²) < 4.78 is 5.49. The van der Waals surface area contributed by atoms with Gasteiger partial charge in [0.15, 0.2) is 0 Å². The highest BCUT2D eigenvalue weighted by molar-refractivity contribution is 8.00. The van der Waals surface area contributed by atoms with Gasteiger partial charge in [-0.05, 0) is 26.2 Å². The molecule has 8 heteroatoms. The zero-order valence-electron chi connectivity index (χ0n) is 12.3. The summed E-state index contributed by atoms with van der Waals surface area (Å²) in [6.07, 6.45) is 1.37. The average Bonchev–Trinajstić information content (AvgIpc) is 2.84. The summed E-state index contributed by atoms with van der Waals surface area (Å²) >= 11 is 1.64. The first kappa shape index (κ1) is 17.1. The Morgan fingerprint density at radius 1 is 1.57 bits per heavy atom. The van der Waals surface area contributed by atoms with Crippen molar-refractivity contribution in [2.24, 2.45) is 11.7 Å². The normalized spacial score (nSPS) is 34.5. The number of ether oxygens (including phenoxy) is 1. The van der Waals surface area contributed by atoms with Crippen molar-refractivity contribution in [3.05, 3.63) is 5.21 Å². The molecule has 2 fully saturated rings. The first-order chi connectivity index (χ1) is 10.0. The molecule has 1 aliphatic carbocycles. The summed E-state index contributed by atoms with van der Waals surface area (Å²) in [7, 11) is 0. The molecule has 0 aromatic carbocycles. The van der Waals surface area contributed by atoms with Crippen molar-refractivity contribution in [3.8, 4) is 0 Å². The molecular weight excluding hydrogens is 294 g/mol. The van der Waals surface area contributed by atoms with Crippen molar-refractivity contribution in [1.29, 1.82) is 0 Å². The summed E-state index contributed by atoms with van der Waals surface area (Å²) in [6, 6.07) is -0.658. The second-order valence-electron chi connectivity index (χ2n) is 5.57. The molecule has 4 unspecified atom stereocenters. The number of Topliss-reactive ketones (excluding diaryl/α,β-unsaturated/α-hetero) is 1. The molecule has 3 N–H and O–H groups in total. The van der Waals surface area contributed by atoms with Gasteiger partial charge in [-0.2, -0.15) is 0 Å². The van der Waals surface area contributed by atoms with Crippen molar-refractivity contribution in [2.45, 2.75) is 43.8 Å². The zero-order chi connectivity index (χ0) is 15.4. The van der Waals surface area contributed by atoms with E-state index in [4.69, 9.17) is 10.5 Å². The third kappa shape index (κ3) is 4.38. The molecule has 1 heterocycles. The quantitative estimate of drug-likeness (QED) is 0.687. The number of hydrogen-bond donors (Lipinski definition) is 2. The molecule has 1 aliphatic heterocycles. The van der Waals surface area contributed by atoms with Crippen molar-refractivity contribution < 1.29 is 14.7 Å². The topological polar surface area (TPSA) is 102 Å². The van der Waals surface area contributed by atoms with Crippen molar-refractivity contribution in [1.82, 2.24) is 10.1 Å². The van der Waals surface area contributed by atoms with Crippen molar-refractivity contribution >= 4 is 17.5 Å². The molecule has 0 aromatic rings. The van der Waals surface area contributed by atoms with Gasteiger partial charge >= 0.3 is 0 Å². The Morgan fingerprint density at radius 2 is 2.33 bits per heavy atom. The molecule has 2 rings (SSSR count). The summed E-state index contributed by atoms with van der Waals surface area (Å²) in [5, 5.41) is 20.5. The molecule has 0 bridgehead atoms. The van der Waals surface area contributed by atoms with Gasteiger partial charge in [0.25, 0.3) is 0 Å². The van der Waals surface area contributed by atoms with Gasteiger partial charge in [-0.1, -0.05) is 0 Å². The standard InChI is InChI=1S/C13H24N3O4S/c1-2-20-12-4-3-9(7-10(12)16(18)19)11(17)8-15-5-6-21-13(15)14/h9-10,12-13,18H,2-8,14H2,1H3/q-1. The average molecular weight is 318 g/mol. The van der Waals surface area contributed by atoms with E-state index in [-0.39, 0.29) is 28.5 Å². The fourth-order valence-corrected chi connectivity index (χ4v) is 4.05. The van der Waals surface area contributed by atoms with Crippen molar-refractivity contribution in [3.63, 3.8) is 0 Å². The number of hydrogen-bond acceptors (Lipinski definition) is 8. The van der Waals surface area contributed by atoms with Crippen LogP contribution in [0.2, 0.25) is 0 Å². The number of thioether (sulfide) groups is 1. The van der Waals surface area contributed by atoms with E-state index in [2.05, 4.69) is 0 Å². The Labute approximate surface area is 129 Å². The van der Waals surface area contributed by atoms with Crippen LogP contribution in [-0.4, -0.2) is 64.2 Å². The maximum absolute atomic E-state index is 12.4. The molecule has 0 spiro atoms. The van der Waals surface area contributed by atoms with Crippen LogP contribution in [0.1, 0.15) is 26.2 Å². The number of rotatable bonds is 6. The molecule has 0 radical (unpaired) electrons. The number of carbonyl (C=O) groups excluding carboxylic acids is 1.